The van der Waals surface area contributed by atoms with E-state index < -0.39 is 11.9 Å². The number of benzene rings is 1. The van der Waals surface area contributed by atoms with Gasteiger partial charge in [-0.3, -0.25) is 9.48 Å². The summed E-state index contributed by atoms with van der Waals surface area (Å²) in [7, 11) is 3.60. The first-order valence-corrected chi connectivity index (χ1v) is 7.73. The lowest BCUT2D eigenvalue weighted by molar-refractivity contribution is -0.117. The number of halogens is 1. The fourth-order valence-electron chi connectivity index (χ4n) is 2.53. The predicted octanol–water partition coefficient (Wildman–Crippen LogP) is 2.21. The Kier molecular flexibility index (Phi) is 4.74. The molecule has 25 heavy (non-hydrogen) atoms. The van der Waals surface area contributed by atoms with Crippen LogP contribution in [0.2, 0.25) is 0 Å². The molecule has 1 N–H and O–H groups in total. The van der Waals surface area contributed by atoms with Crippen molar-refractivity contribution in [3.05, 3.63) is 77.9 Å². The van der Waals surface area contributed by atoms with Gasteiger partial charge in [-0.25, -0.2) is 9.37 Å². The van der Waals surface area contributed by atoms with Gasteiger partial charge in [0.05, 0.1) is 6.20 Å². The molecule has 3 rings (SSSR count). The van der Waals surface area contributed by atoms with Crippen molar-refractivity contribution >= 4 is 12.0 Å². The number of nitrogens with zero attached hydrogens (tertiary/aromatic N) is 4. The highest BCUT2D eigenvalue weighted by Gasteiger charge is 2.22. The van der Waals surface area contributed by atoms with Crippen LogP contribution in [0.1, 0.15) is 23.0 Å². The van der Waals surface area contributed by atoms with Crippen LogP contribution in [0.25, 0.3) is 6.08 Å². The van der Waals surface area contributed by atoms with Gasteiger partial charge < -0.3 is 9.88 Å². The topological polar surface area (TPSA) is 64.7 Å². The van der Waals surface area contributed by atoms with Crippen LogP contribution in [0, 0.1) is 5.82 Å². The Hall–Kier alpha value is -3.22. The van der Waals surface area contributed by atoms with Crippen LogP contribution in [0.3, 0.4) is 0 Å². The van der Waals surface area contributed by atoms with E-state index in [4.69, 9.17) is 0 Å². The van der Waals surface area contributed by atoms with E-state index in [0.717, 1.165) is 5.56 Å². The quantitative estimate of drug-likeness (QED) is 0.725. The van der Waals surface area contributed by atoms with Crippen molar-refractivity contribution in [3.8, 4) is 0 Å². The normalized spacial score (nSPS) is 12.4. The van der Waals surface area contributed by atoms with Crippen molar-refractivity contribution in [1.82, 2.24) is 24.6 Å². The Morgan fingerprint density at radius 1 is 1.32 bits per heavy atom. The average Bonchev–Trinajstić information content (AvgIpc) is 3.20. The van der Waals surface area contributed by atoms with E-state index in [1.54, 1.807) is 72.4 Å². The highest BCUT2D eigenvalue weighted by molar-refractivity contribution is 5.92. The monoisotopic (exact) mass is 339 g/mol. The third-order valence-corrected chi connectivity index (χ3v) is 3.77. The van der Waals surface area contributed by atoms with E-state index in [1.807, 2.05) is 0 Å². The van der Waals surface area contributed by atoms with Gasteiger partial charge >= 0.3 is 0 Å². The summed E-state index contributed by atoms with van der Waals surface area (Å²) < 4.78 is 17.6. The highest BCUT2D eigenvalue weighted by Crippen LogP contribution is 2.23. The largest absolute Gasteiger partial charge is 0.338 e. The minimum absolute atomic E-state index is 0.347. The first-order chi connectivity index (χ1) is 12.0. The maximum atomic E-state index is 14.2. The maximum absolute atomic E-state index is 14.2. The second-order valence-corrected chi connectivity index (χ2v) is 5.64. The second kappa shape index (κ2) is 7.12. The molecular weight excluding hydrogens is 321 g/mol. The molecular formula is C18H18FN5O. The van der Waals surface area contributed by atoms with Crippen LogP contribution < -0.4 is 5.32 Å². The van der Waals surface area contributed by atoms with Gasteiger partial charge in [0.1, 0.15) is 17.7 Å². The fourth-order valence-corrected chi connectivity index (χ4v) is 2.53. The van der Waals surface area contributed by atoms with Crippen LogP contribution in [0.4, 0.5) is 4.39 Å². The van der Waals surface area contributed by atoms with Crippen LogP contribution in [-0.2, 0) is 18.9 Å². The van der Waals surface area contributed by atoms with Crippen LogP contribution in [0.5, 0.6) is 0 Å². The molecule has 0 bridgehead atoms. The minimum atomic E-state index is -0.688. The summed E-state index contributed by atoms with van der Waals surface area (Å²) in [6, 6.07) is 5.65. The van der Waals surface area contributed by atoms with Crippen LogP contribution in [0.15, 0.2) is 55.1 Å². The number of nitrogens with one attached hydrogen (secondary N) is 1. The number of hydrogen-bond acceptors (Lipinski definition) is 3. The van der Waals surface area contributed by atoms with Gasteiger partial charge in [-0.05, 0) is 12.1 Å². The van der Waals surface area contributed by atoms with Crippen molar-refractivity contribution in [2.75, 3.05) is 0 Å². The lowest BCUT2D eigenvalue weighted by Gasteiger charge is -2.18. The molecule has 2 aromatic heterocycles. The molecule has 2 heterocycles. The molecule has 0 aliphatic heterocycles. The van der Waals surface area contributed by atoms with Crippen molar-refractivity contribution in [2.24, 2.45) is 14.1 Å². The van der Waals surface area contributed by atoms with E-state index in [2.05, 4.69) is 15.4 Å². The molecule has 3 aromatic rings. The number of amides is 1. The molecule has 6 nitrogen and oxygen atoms in total. The van der Waals surface area contributed by atoms with Crippen molar-refractivity contribution in [2.45, 2.75) is 6.04 Å². The summed E-state index contributed by atoms with van der Waals surface area (Å²) in [6.45, 7) is 0. The van der Waals surface area contributed by atoms with Gasteiger partial charge in [0.25, 0.3) is 0 Å². The first-order valence-electron chi connectivity index (χ1n) is 7.73. The molecule has 0 saturated carbocycles. The number of aromatic nitrogens is 4. The maximum Gasteiger partial charge on any atom is 0.244 e. The van der Waals surface area contributed by atoms with Crippen molar-refractivity contribution in [1.29, 1.82) is 0 Å². The fraction of sp³-hybridized carbons (Fsp3) is 0.167. The summed E-state index contributed by atoms with van der Waals surface area (Å²) in [5.74, 6) is -0.194. The SMILES string of the molecule is Cn1cc(C=CC(=O)NC(c2ccccc2F)c2nccn2C)cn1. The van der Waals surface area contributed by atoms with E-state index in [-0.39, 0.29) is 5.91 Å². The summed E-state index contributed by atoms with van der Waals surface area (Å²) >= 11 is 0. The molecule has 1 amide bonds. The average molecular weight is 339 g/mol. The van der Waals surface area contributed by atoms with E-state index in [0.29, 0.717) is 11.4 Å². The Morgan fingerprint density at radius 2 is 2.12 bits per heavy atom. The van der Waals surface area contributed by atoms with Gasteiger partial charge in [0.15, 0.2) is 0 Å². The van der Waals surface area contributed by atoms with Crippen molar-refractivity contribution in [3.63, 3.8) is 0 Å². The van der Waals surface area contributed by atoms with Crippen molar-refractivity contribution < 1.29 is 9.18 Å². The predicted molar refractivity (Wildman–Crippen MR) is 91.8 cm³/mol. The molecule has 0 saturated heterocycles. The van der Waals surface area contributed by atoms with E-state index in [9.17, 15) is 9.18 Å². The summed E-state index contributed by atoms with van der Waals surface area (Å²) in [5.41, 5.74) is 1.16. The van der Waals surface area contributed by atoms with Gasteiger partial charge in [-0.1, -0.05) is 18.2 Å². The van der Waals surface area contributed by atoms with Crippen LogP contribution >= 0.6 is 0 Å². The third kappa shape index (κ3) is 3.82. The number of rotatable bonds is 5. The molecule has 1 aromatic carbocycles. The van der Waals surface area contributed by atoms with E-state index >= 15 is 0 Å². The Morgan fingerprint density at radius 3 is 2.76 bits per heavy atom. The standard InChI is InChI=1S/C18H18FN5O/c1-23-10-9-20-18(23)17(14-5-3-4-6-15(14)19)22-16(25)8-7-13-11-21-24(2)12-13/h3-12,17H,1-2H3,(H,22,25). The van der Waals surface area contributed by atoms with Gasteiger partial charge in [0.2, 0.25) is 5.91 Å². The number of aryl methyl sites for hydroxylation is 2. The summed E-state index contributed by atoms with van der Waals surface area (Å²) in [4.78, 5) is 16.6. The second-order valence-electron chi connectivity index (χ2n) is 5.64. The highest BCUT2D eigenvalue weighted by atomic mass is 19.1. The smallest absolute Gasteiger partial charge is 0.244 e. The van der Waals surface area contributed by atoms with Gasteiger partial charge in [0, 0.05) is 49.9 Å². The number of carbonyl (C=O) groups excluding carboxylic acids is 1. The summed E-state index contributed by atoms with van der Waals surface area (Å²) in [5, 5.41) is 6.86. The molecule has 0 spiro atoms. The van der Waals surface area contributed by atoms with Gasteiger partial charge in [-0.15, -0.1) is 0 Å². The zero-order chi connectivity index (χ0) is 17.8. The lowest BCUT2D eigenvalue weighted by atomic mass is 10.1. The number of hydrogen-bond donors (Lipinski definition) is 1. The zero-order valence-corrected chi connectivity index (χ0v) is 13.9. The van der Waals surface area contributed by atoms with Crippen LogP contribution in [-0.4, -0.2) is 25.2 Å². The van der Waals surface area contributed by atoms with Gasteiger partial charge in [-0.2, -0.15) is 5.10 Å². The summed E-state index contributed by atoms with van der Waals surface area (Å²) in [6.07, 6.45) is 9.85. The zero-order valence-electron chi connectivity index (χ0n) is 13.9. The minimum Gasteiger partial charge on any atom is -0.338 e. The number of imidazole rings is 1. The molecule has 0 aliphatic carbocycles. The molecule has 0 fully saturated rings. The lowest BCUT2D eigenvalue weighted by Crippen LogP contribution is -2.30. The molecule has 1 unspecified atom stereocenters. The Balaban J connectivity index is 1.85. The third-order valence-electron chi connectivity index (χ3n) is 3.77. The Labute approximate surface area is 144 Å². The molecule has 0 aliphatic rings. The molecule has 1 atom stereocenters. The first kappa shape index (κ1) is 16.6. The number of carbonyl (C=O) groups is 1. The Bertz CT molecular complexity index is 912. The molecule has 0 radical (unpaired) electrons. The molecule has 128 valence electrons. The molecule has 7 heteroatoms. The van der Waals surface area contributed by atoms with E-state index in [1.165, 1.54) is 12.1 Å².